The maximum Gasteiger partial charge on any atom is 0.0862 e. The summed E-state index contributed by atoms with van der Waals surface area (Å²) in [6, 6.07) is 0. The van der Waals surface area contributed by atoms with Gasteiger partial charge in [0.1, 0.15) is 0 Å². The van der Waals surface area contributed by atoms with Crippen molar-refractivity contribution in [2.24, 2.45) is 0 Å². The van der Waals surface area contributed by atoms with Gasteiger partial charge in [0, 0.05) is 7.11 Å². The van der Waals surface area contributed by atoms with Gasteiger partial charge in [-0.1, -0.05) is 0 Å². The number of rotatable bonds is 12. The number of nitrogens with zero attached hydrogens (tertiary/aromatic N) is 1. The number of hydrogen-bond acceptors (Lipinski definition) is 5. The van der Waals surface area contributed by atoms with Crippen LogP contribution in [0.4, 0.5) is 0 Å². The van der Waals surface area contributed by atoms with Crippen LogP contribution >= 0.6 is 0 Å². The minimum atomic E-state index is -1.22. The Balaban J connectivity index is 0. The number of hydrogen-bond donors (Lipinski definition) is 0. The molecule has 0 rings (SSSR count). The Bertz CT molecular complexity index is 215. The molecular weight excluding hydrogens is 274 g/mol. The van der Waals surface area contributed by atoms with E-state index in [9.17, 15) is 9.90 Å². The fraction of sp³-hybridized carbons (Fsp3) is 0.933. The van der Waals surface area contributed by atoms with Crippen molar-refractivity contribution in [3.63, 3.8) is 0 Å². The Morgan fingerprint density at radius 2 is 1.29 bits per heavy atom. The summed E-state index contributed by atoms with van der Waals surface area (Å²) in [6.45, 7) is 15.5. The summed E-state index contributed by atoms with van der Waals surface area (Å²) in [7, 11) is 1.58. The number of carbonyl (C=O) groups is 1. The summed E-state index contributed by atoms with van der Waals surface area (Å²) in [6.07, 6.45) is 0. The lowest BCUT2D eigenvalue weighted by Gasteiger charge is -2.34. The first-order chi connectivity index (χ1) is 10.0. The van der Waals surface area contributed by atoms with Gasteiger partial charge in [0.05, 0.1) is 65.2 Å². The summed E-state index contributed by atoms with van der Waals surface area (Å²) < 4.78 is 15.6. The predicted molar refractivity (Wildman–Crippen MR) is 80.9 cm³/mol. The highest BCUT2D eigenvalue weighted by Gasteiger charge is 2.16. The lowest BCUT2D eigenvalue weighted by molar-refractivity contribution is -0.921. The minimum absolute atomic E-state index is 0.262. The van der Waals surface area contributed by atoms with Crippen molar-refractivity contribution >= 4 is 5.97 Å². The van der Waals surface area contributed by atoms with Crippen molar-refractivity contribution in [3.8, 4) is 0 Å². The third-order valence-corrected chi connectivity index (χ3v) is 3.71. The van der Waals surface area contributed by atoms with E-state index in [0.29, 0.717) is 19.8 Å². The van der Waals surface area contributed by atoms with E-state index in [1.165, 1.54) is 30.7 Å². The first-order valence-electron chi connectivity index (χ1n) is 7.71. The first kappa shape index (κ1) is 22.6. The highest BCUT2D eigenvalue weighted by atomic mass is 16.5. The quantitative estimate of drug-likeness (QED) is 0.383. The zero-order chi connectivity index (χ0) is 16.6. The van der Waals surface area contributed by atoms with E-state index < -0.39 is 5.97 Å². The van der Waals surface area contributed by atoms with Crippen LogP contribution in [0.5, 0.6) is 0 Å². The number of methoxy groups -OCH3 is 1. The van der Waals surface area contributed by atoms with Crippen molar-refractivity contribution in [3.05, 3.63) is 0 Å². The van der Waals surface area contributed by atoms with Crippen LogP contribution in [0.25, 0.3) is 0 Å². The van der Waals surface area contributed by atoms with Gasteiger partial charge < -0.3 is 28.6 Å². The van der Waals surface area contributed by atoms with E-state index in [1.807, 2.05) is 0 Å². The molecule has 6 heteroatoms. The Morgan fingerprint density at radius 1 is 0.857 bits per heavy atom. The van der Waals surface area contributed by atoms with E-state index in [4.69, 9.17) is 9.47 Å². The molecule has 0 aliphatic heterocycles. The van der Waals surface area contributed by atoms with Crippen molar-refractivity contribution in [2.75, 3.05) is 66.3 Å². The van der Waals surface area contributed by atoms with Crippen LogP contribution in [-0.2, 0) is 19.0 Å². The van der Waals surface area contributed by atoms with Gasteiger partial charge >= 0.3 is 0 Å². The second-order valence-electron chi connectivity index (χ2n) is 4.64. The lowest BCUT2D eigenvalue weighted by Crippen LogP contribution is -2.47. The zero-order valence-corrected chi connectivity index (χ0v) is 14.4. The van der Waals surface area contributed by atoms with Gasteiger partial charge in [0.25, 0.3) is 0 Å². The summed E-state index contributed by atoms with van der Waals surface area (Å²) in [5.41, 5.74) is 0. The molecule has 0 amide bonds. The van der Waals surface area contributed by atoms with Crippen molar-refractivity contribution in [1.29, 1.82) is 0 Å². The summed E-state index contributed by atoms with van der Waals surface area (Å²) in [5, 5.41) is 9.84. The average Bonchev–Trinajstić information content (AvgIpc) is 2.50. The standard InChI is InChI=1S/C8H20N.C7H14O5/c1-5-9(6-2,7-3)8-4;1-10-2-3-11-4-5-12-6-7(8)9/h5-8H2,1-4H3;2-6H2,1H3,(H,8,9)/q+1;/p-1. The van der Waals surface area contributed by atoms with Crippen LogP contribution in [0, 0.1) is 0 Å². The molecule has 0 saturated heterocycles. The number of aliphatic carboxylic acids is 1. The summed E-state index contributed by atoms with van der Waals surface area (Å²) >= 11 is 0. The highest BCUT2D eigenvalue weighted by Crippen LogP contribution is 2.03. The lowest BCUT2D eigenvalue weighted by atomic mass is 10.3. The third-order valence-electron chi connectivity index (χ3n) is 3.71. The number of carboxylic acid groups (broad SMARTS) is 1. The van der Waals surface area contributed by atoms with Gasteiger partial charge in [-0.25, -0.2) is 0 Å². The molecule has 0 unspecified atom stereocenters. The van der Waals surface area contributed by atoms with Crippen molar-refractivity contribution < 1.29 is 28.6 Å². The molecule has 0 aromatic carbocycles. The van der Waals surface area contributed by atoms with Gasteiger partial charge in [-0.05, 0) is 27.7 Å². The Kier molecular flexibility index (Phi) is 16.9. The SMILES string of the molecule is CC[N+](CC)(CC)CC.COCCOCCOCC(=O)[O-]. The topological polar surface area (TPSA) is 67.8 Å². The highest BCUT2D eigenvalue weighted by molar-refractivity contribution is 5.65. The molecule has 0 aliphatic carbocycles. The van der Waals surface area contributed by atoms with Gasteiger partial charge in [-0.2, -0.15) is 0 Å². The van der Waals surface area contributed by atoms with Gasteiger partial charge in [0.2, 0.25) is 0 Å². The smallest absolute Gasteiger partial charge is 0.0862 e. The molecule has 21 heavy (non-hydrogen) atoms. The van der Waals surface area contributed by atoms with Crippen LogP contribution in [0.15, 0.2) is 0 Å². The van der Waals surface area contributed by atoms with Crippen LogP contribution in [0.3, 0.4) is 0 Å². The van der Waals surface area contributed by atoms with Crippen LogP contribution < -0.4 is 5.11 Å². The Morgan fingerprint density at radius 3 is 1.62 bits per heavy atom. The van der Waals surface area contributed by atoms with Gasteiger partial charge in [-0.3, -0.25) is 0 Å². The molecule has 0 bridgehead atoms. The Hall–Kier alpha value is -0.690. The molecule has 0 aromatic heterocycles. The van der Waals surface area contributed by atoms with Crippen LogP contribution in [-0.4, -0.2) is 76.8 Å². The van der Waals surface area contributed by atoms with E-state index in [2.05, 4.69) is 32.4 Å². The number of quaternary nitrogens is 1. The van der Waals surface area contributed by atoms with Crippen LogP contribution in [0.2, 0.25) is 0 Å². The van der Waals surface area contributed by atoms with Crippen molar-refractivity contribution in [2.45, 2.75) is 27.7 Å². The second-order valence-corrected chi connectivity index (χ2v) is 4.64. The largest absolute Gasteiger partial charge is 0.548 e. The molecule has 0 radical (unpaired) electrons. The van der Waals surface area contributed by atoms with E-state index in [0.717, 1.165) is 0 Å². The van der Waals surface area contributed by atoms with Crippen LogP contribution in [0.1, 0.15) is 27.7 Å². The molecule has 0 N–H and O–H groups in total. The van der Waals surface area contributed by atoms with Crippen molar-refractivity contribution in [1.82, 2.24) is 0 Å². The maximum atomic E-state index is 9.84. The average molecular weight is 307 g/mol. The molecule has 0 heterocycles. The maximum absolute atomic E-state index is 9.84. The number of ether oxygens (including phenoxy) is 3. The second kappa shape index (κ2) is 15.7. The van der Waals surface area contributed by atoms with E-state index >= 15 is 0 Å². The Labute approximate surface area is 129 Å². The van der Waals surface area contributed by atoms with Gasteiger partial charge in [0.15, 0.2) is 0 Å². The summed E-state index contributed by atoms with van der Waals surface area (Å²) in [4.78, 5) is 9.84. The predicted octanol–water partition coefficient (Wildman–Crippen LogP) is 0.299. The molecule has 0 atom stereocenters. The molecular formula is C15H33NO5. The molecule has 0 spiro atoms. The number of carboxylic acids is 1. The molecule has 0 saturated carbocycles. The monoisotopic (exact) mass is 307 g/mol. The molecule has 0 fully saturated rings. The molecule has 128 valence electrons. The van der Waals surface area contributed by atoms with E-state index in [1.54, 1.807) is 7.11 Å². The van der Waals surface area contributed by atoms with E-state index in [-0.39, 0.29) is 13.2 Å². The first-order valence-corrected chi connectivity index (χ1v) is 7.71. The normalized spacial score (nSPS) is 10.9. The third kappa shape index (κ3) is 14.0. The zero-order valence-electron chi connectivity index (χ0n) is 14.4. The molecule has 6 nitrogen and oxygen atoms in total. The number of carbonyl (C=O) groups excluding carboxylic acids is 1. The fourth-order valence-electron chi connectivity index (χ4n) is 1.86. The summed E-state index contributed by atoms with van der Waals surface area (Å²) in [5.74, 6) is -1.22. The molecule has 0 aliphatic rings. The van der Waals surface area contributed by atoms with Gasteiger partial charge in [-0.15, -0.1) is 0 Å². The molecule has 0 aromatic rings. The fourth-order valence-corrected chi connectivity index (χ4v) is 1.86. The minimum Gasteiger partial charge on any atom is -0.548 e.